The lowest BCUT2D eigenvalue weighted by molar-refractivity contribution is -0.117. The van der Waals surface area contributed by atoms with Crippen molar-refractivity contribution in [3.8, 4) is 5.75 Å². The molecule has 2 aromatic carbocycles. The lowest BCUT2D eigenvalue weighted by Gasteiger charge is -2.28. The van der Waals surface area contributed by atoms with Crippen LogP contribution in [-0.2, 0) is 17.8 Å². The lowest BCUT2D eigenvalue weighted by Crippen LogP contribution is -2.39. The quantitative estimate of drug-likeness (QED) is 0.657. The first-order valence-corrected chi connectivity index (χ1v) is 9.90. The Bertz CT molecular complexity index is 1160. The average molecular weight is 432 g/mol. The topological polar surface area (TPSA) is 74.4 Å². The summed E-state index contributed by atoms with van der Waals surface area (Å²) in [5.74, 6) is 0.417. The van der Waals surface area contributed by atoms with Crippen molar-refractivity contribution in [3.63, 3.8) is 0 Å². The third-order valence-electron chi connectivity index (χ3n) is 5.01. The summed E-state index contributed by atoms with van der Waals surface area (Å²) in [6.07, 6.45) is 0.626. The van der Waals surface area contributed by atoms with E-state index in [0.717, 1.165) is 5.69 Å². The highest BCUT2D eigenvalue weighted by atomic mass is 35.5. The molecule has 0 bridgehead atoms. The summed E-state index contributed by atoms with van der Waals surface area (Å²) >= 11 is 12.2. The number of H-pyrrole nitrogens is 1. The first-order valence-electron chi connectivity index (χ1n) is 9.14. The number of fused-ring (bicyclic) bond motifs is 2. The summed E-state index contributed by atoms with van der Waals surface area (Å²) in [6, 6.07) is 10.4. The largest absolute Gasteiger partial charge is 0.495 e. The van der Waals surface area contributed by atoms with Crippen LogP contribution in [0.5, 0.6) is 5.75 Å². The normalized spacial score (nSPS) is 13.9. The number of pyridine rings is 1. The van der Waals surface area contributed by atoms with Gasteiger partial charge in [-0.25, -0.2) is 0 Å². The fourth-order valence-corrected chi connectivity index (χ4v) is 4.08. The van der Waals surface area contributed by atoms with Gasteiger partial charge in [-0.15, -0.1) is 0 Å². The number of methoxy groups -OCH3 is 1. The van der Waals surface area contributed by atoms with Gasteiger partial charge in [-0.1, -0.05) is 29.3 Å². The van der Waals surface area contributed by atoms with Gasteiger partial charge in [-0.05, 0) is 30.3 Å². The molecule has 1 amide bonds. The Kier molecular flexibility index (Phi) is 5.50. The molecule has 1 aromatic heterocycles. The standard InChI is InChI=1S/C21H19Cl2N3O3/c1-29-17-6-5-15(23)19-20(17)25-16-7-8-26(10-14(16)21(19)28)11-18(27)24-13-4-2-3-12(22)9-13/h2-6,9H,7-8,10-11H2,1H3,(H,24,27)(H,25,28). The van der Waals surface area contributed by atoms with Crippen LogP contribution < -0.4 is 15.5 Å². The molecule has 0 fully saturated rings. The number of benzene rings is 2. The van der Waals surface area contributed by atoms with E-state index in [9.17, 15) is 9.59 Å². The van der Waals surface area contributed by atoms with Crippen LogP contribution in [0.3, 0.4) is 0 Å². The van der Waals surface area contributed by atoms with Gasteiger partial charge in [-0.2, -0.15) is 0 Å². The molecule has 1 aliphatic rings. The summed E-state index contributed by atoms with van der Waals surface area (Å²) in [6.45, 7) is 1.20. The predicted molar refractivity (Wildman–Crippen MR) is 115 cm³/mol. The zero-order valence-electron chi connectivity index (χ0n) is 15.7. The minimum Gasteiger partial charge on any atom is -0.495 e. The number of nitrogens with one attached hydrogen (secondary N) is 2. The molecule has 0 radical (unpaired) electrons. The third-order valence-corrected chi connectivity index (χ3v) is 5.56. The number of ether oxygens (including phenoxy) is 1. The number of carbonyl (C=O) groups excluding carboxylic acids is 1. The maximum atomic E-state index is 13.1. The Labute approximate surface area is 177 Å². The molecule has 150 valence electrons. The van der Waals surface area contributed by atoms with Gasteiger partial charge in [0, 0.05) is 41.5 Å². The van der Waals surface area contributed by atoms with Gasteiger partial charge < -0.3 is 15.0 Å². The van der Waals surface area contributed by atoms with Crippen LogP contribution in [0.25, 0.3) is 10.9 Å². The van der Waals surface area contributed by atoms with Crippen molar-refractivity contribution >= 4 is 45.7 Å². The Morgan fingerprint density at radius 2 is 2.10 bits per heavy atom. The van der Waals surface area contributed by atoms with E-state index in [2.05, 4.69) is 10.3 Å². The molecular weight excluding hydrogens is 413 g/mol. The van der Waals surface area contributed by atoms with Crippen LogP contribution in [0, 0.1) is 0 Å². The molecule has 8 heteroatoms. The van der Waals surface area contributed by atoms with E-state index in [4.69, 9.17) is 27.9 Å². The summed E-state index contributed by atoms with van der Waals surface area (Å²) in [7, 11) is 1.56. The highest BCUT2D eigenvalue weighted by Crippen LogP contribution is 2.30. The van der Waals surface area contributed by atoms with Crippen molar-refractivity contribution in [2.75, 3.05) is 25.5 Å². The molecular formula is C21H19Cl2N3O3. The van der Waals surface area contributed by atoms with Crippen molar-refractivity contribution in [2.45, 2.75) is 13.0 Å². The molecule has 0 saturated heterocycles. The maximum Gasteiger partial charge on any atom is 0.238 e. The van der Waals surface area contributed by atoms with E-state index in [1.165, 1.54) is 0 Å². The van der Waals surface area contributed by atoms with E-state index in [0.29, 0.717) is 57.5 Å². The number of nitrogens with zero attached hydrogens (tertiary/aromatic N) is 1. The van der Waals surface area contributed by atoms with Crippen molar-refractivity contribution < 1.29 is 9.53 Å². The second-order valence-electron chi connectivity index (χ2n) is 6.93. The maximum absolute atomic E-state index is 13.1. The van der Waals surface area contributed by atoms with Crippen molar-refractivity contribution in [2.24, 2.45) is 0 Å². The second kappa shape index (κ2) is 8.06. The lowest BCUT2D eigenvalue weighted by atomic mass is 10.0. The fraction of sp³-hybridized carbons (Fsp3) is 0.238. The van der Waals surface area contributed by atoms with E-state index in [1.54, 1.807) is 43.5 Å². The van der Waals surface area contributed by atoms with Crippen LogP contribution in [0.2, 0.25) is 10.0 Å². The fourth-order valence-electron chi connectivity index (χ4n) is 3.65. The van der Waals surface area contributed by atoms with Gasteiger partial charge in [-0.3, -0.25) is 14.5 Å². The van der Waals surface area contributed by atoms with Crippen molar-refractivity contribution in [1.82, 2.24) is 9.88 Å². The summed E-state index contributed by atoms with van der Waals surface area (Å²) < 4.78 is 5.37. The molecule has 4 rings (SSSR count). The van der Waals surface area contributed by atoms with E-state index in [1.807, 2.05) is 4.90 Å². The SMILES string of the molecule is COc1ccc(Cl)c2c(=O)c3c([nH]c12)CCN(CC(=O)Nc1cccc(Cl)c1)C3. The monoisotopic (exact) mass is 431 g/mol. The number of aromatic nitrogens is 1. The Balaban J connectivity index is 1.57. The van der Waals surface area contributed by atoms with Gasteiger partial charge in [0.2, 0.25) is 5.91 Å². The molecule has 0 spiro atoms. The summed E-state index contributed by atoms with van der Waals surface area (Å²) in [5, 5.41) is 4.18. The number of amides is 1. The smallest absolute Gasteiger partial charge is 0.238 e. The van der Waals surface area contributed by atoms with Crippen LogP contribution in [0.1, 0.15) is 11.3 Å². The number of hydrogen-bond acceptors (Lipinski definition) is 4. The molecule has 0 unspecified atom stereocenters. The number of aromatic amines is 1. The minimum atomic E-state index is -0.160. The Morgan fingerprint density at radius 3 is 2.86 bits per heavy atom. The highest BCUT2D eigenvalue weighted by molar-refractivity contribution is 6.35. The molecule has 0 atom stereocenters. The molecule has 29 heavy (non-hydrogen) atoms. The van der Waals surface area contributed by atoms with Gasteiger partial charge in [0.1, 0.15) is 5.75 Å². The van der Waals surface area contributed by atoms with Crippen molar-refractivity contribution in [3.05, 3.63) is 67.9 Å². The number of anilines is 1. The third kappa shape index (κ3) is 3.96. The van der Waals surface area contributed by atoms with E-state index >= 15 is 0 Å². The number of hydrogen-bond donors (Lipinski definition) is 2. The molecule has 1 aliphatic heterocycles. The number of carbonyl (C=O) groups is 1. The second-order valence-corrected chi connectivity index (χ2v) is 7.77. The summed E-state index contributed by atoms with van der Waals surface area (Å²) in [5.41, 5.74) is 2.61. The average Bonchev–Trinajstić information content (AvgIpc) is 2.68. The van der Waals surface area contributed by atoms with Gasteiger partial charge in [0.15, 0.2) is 5.43 Å². The molecule has 2 N–H and O–H groups in total. The molecule has 0 saturated carbocycles. The van der Waals surface area contributed by atoms with Crippen LogP contribution >= 0.6 is 23.2 Å². The summed E-state index contributed by atoms with van der Waals surface area (Å²) in [4.78, 5) is 30.8. The molecule has 0 aliphatic carbocycles. The molecule has 6 nitrogen and oxygen atoms in total. The van der Waals surface area contributed by atoms with Crippen molar-refractivity contribution in [1.29, 1.82) is 0 Å². The zero-order valence-corrected chi connectivity index (χ0v) is 17.2. The Morgan fingerprint density at radius 1 is 1.28 bits per heavy atom. The van der Waals surface area contributed by atoms with Gasteiger partial charge >= 0.3 is 0 Å². The first kappa shape index (κ1) is 19.8. The number of halogens is 2. The van der Waals surface area contributed by atoms with Crippen LogP contribution in [-0.4, -0.2) is 36.0 Å². The molecule has 3 aromatic rings. The van der Waals surface area contributed by atoms with E-state index < -0.39 is 0 Å². The van der Waals surface area contributed by atoms with Gasteiger partial charge in [0.25, 0.3) is 0 Å². The Hall–Kier alpha value is -2.54. The zero-order chi connectivity index (χ0) is 20.5. The van der Waals surface area contributed by atoms with Gasteiger partial charge in [0.05, 0.1) is 29.6 Å². The van der Waals surface area contributed by atoms with Crippen LogP contribution in [0.4, 0.5) is 5.69 Å². The van der Waals surface area contributed by atoms with E-state index in [-0.39, 0.29) is 17.9 Å². The number of rotatable bonds is 4. The molecule has 2 heterocycles. The predicted octanol–water partition coefficient (Wildman–Crippen LogP) is 3.84. The minimum absolute atomic E-state index is 0.127. The first-order chi connectivity index (χ1) is 14.0. The van der Waals surface area contributed by atoms with Crippen LogP contribution in [0.15, 0.2) is 41.2 Å². The highest BCUT2D eigenvalue weighted by Gasteiger charge is 2.24.